The summed E-state index contributed by atoms with van der Waals surface area (Å²) in [7, 11) is 0. The Kier molecular flexibility index (Phi) is 6.37. The number of alkyl carbamates (subject to hydrolysis) is 1. The average Bonchev–Trinajstić information content (AvgIpc) is 3.12. The second kappa shape index (κ2) is 8.89. The third-order valence-corrected chi connectivity index (χ3v) is 6.07. The number of amidine groups is 1. The van der Waals surface area contributed by atoms with Gasteiger partial charge in [-0.05, 0) is 70.4 Å². The lowest BCUT2D eigenvalue weighted by atomic mass is 9.85. The topological polar surface area (TPSA) is 84.8 Å². The van der Waals surface area contributed by atoms with Crippen LogP contribution in [0.25, 0.3) is 0 Å². The number of rotatable bonds is 3. The number of nitrogens with one attached hydrogen (secondary N) is 2. The zero-order valence-electron chi connectivity index (χ0n) is 19.7. The van der Waals surface area contributed by atoms with E-state index in [-0.39, 0.29) is 11.6 Å². The van der Waals surface area contributed by atoms with Crippen LogP contribution in [0.5, 0.6) is 0 Å². The molecule has 1 amide bonds. The number of benzene rings is 1. The summed E-state index contributed by atoms with van der Waals surface area (Å²) in [5.74, 6) is -4.43. The van der Waals surface area contributed by atoms with Crippen molar-refractivity contribution in [3.05, 3.63) is 58.1 Å². The molecule has 2 atom stereocenters. The van der Waals surface area contributed by atoms with Crippen molar-refractivity contribution in [3.63, 3.8) is 0 Å². The maximum absolute atomic E-state index is 15.1. The largest absolute Gasteiger partial charge is 0.458 e. The molecular formula is C24H26ClF3N4O3. The molecule has 1 aromatic heterocycles. The molecule has 11 heteroatoms. The molecule has 2 heterocycles. The van der Waals surface area contributed by atoms with E-state index in [1.54, 1.807) is 27.0 Å². The van der Waals surface area contributed by atoms with Crippen molar-refractivity contribution in [2.45, 2.75) is 63.6 Å². The fraction of sp³-hybridized carbons (Fsp3) is 0.458. The first-order chi connectivity index (χ1) is 16.3. The molecular weight excluding hydrogens is 485 g/mol. The van der Waals surface area contributed by atoms with Crippen LogP contribution in [0.3, 0.4) is 0 Å². The molecule has 0 saturated heterocycles. The predicted octanol–water partition coefficient (Wildman–Crippen LogP) is 5.73. The van der Waals surface area contributed by atoms with Crippen molar-refractivity contribution < 1.29 is 27.4 Å². The first-order valence-electron chi connectivity index (χ1n) is 11.1. The quantitative estimate of drug-likeness (QED) is 0.550. The van der Waals surface area contributed by atoms with Gasteiger partial charge in [-0.25, -0.2) is 19.5 Å². The van der Waals surface area contributed by atoms with E-state index in [0.717, 1.165) is 37.1 Å². The molecule has 1 unspecified atom stereocenters. The highest BCUT2D eigenvalue weighted by Crippen LogP contribution is 2.45. The van der Waals surface area contributed by atoms with Gasteiger partial charge in [0.2, 0.25) is 0 Å². The lowest BCUT2D eigenvalue weighted by Gasteiger charge is -2.38. The molecule has 1 aromatic carbocycles. The molecule has 2 aliphatic rings. The Bertz CT molecular complexity index is 1190. The molecule has 2 aromatic rings. The fourth-order valence-electron chi connectivity index (χ4n) is 4.10. The van der Waals surface area contributed by atoms with Crippen molar-refractivity contribution in [2.75, 3.05) is 11.9 Å². The molecule has 0 bridgehead atoms. The molecule has 1 aliphatic heterocycles. The molecule has 0 spiro atoms. The first-order valence-corrected chi connectivity index (χ1v) is 11.5. The molecule has 0 radical (unpaired) electrons. The summed E-state index contributed by atoms with van der Waals surface area (Å²) in [6, 6.07) is 5.07. The molecule has 0 fully saturated rings. The third-order valence-electron chi connectivity index (χ3n) is 5.87. The number of nitrogens with zero attached hydrogens (tertiary/aromatic N) is 2. The lowest BCUT2D eigenvalue weighted by molar-refractivity contribution is -0.118. The van der Waals surface area contributed by atoms with Crippen LogP contribution >= 0.6 is 11.6 Å². The maximum Gasteiger partial charge on any atom is 0.415 e. The summed E-state index contributed by atoms with van der Waals surface area (Å²) in [6.45, 7) is 4.94. The zero-order valence-corrected chi connectivity index (χ0v) is 20.5. The number of halogens is 4. The number of hydrogen-bond acceptors (Lipinski definition) is 6. The van der Waals surface area contributed by atoms with Gasteiger partial charge in [-0.15, -0.1) is 0 Å². The minimum absolute atomic E-state index is 0.184. The van der Waals surface area contributed by atoms with Crippen LogP contribution in [0, 0.1) is 5.82 Å². The van der Waals surface area contributed by atoms with E-state index in [1.165, 1.54) is 12.1 Å². The summed E-state index contributed by atoms with van der Waals surface area (Å²) in [4.78, 5) is 20.4. The van der Waals surface area contributed by atoms with Crippen LogP contribution in [-0.4, -0.2) is 35.2 Å². The van der Waals surface area contributed by atoms with Gasteiger partial charge < -0.3 is 14.8 Å². The van der Waals surface area contributed by atoms with Crippen molar-refractivity contribution >= 4 is 29.4 Å². The van der Waals surface area contributed by atoms with Crippen LogP contribution < -0.4 is 10.6 Å². The van der Waals surface area contributed by atoms with Crippen LogP contribution in [0.1, 0.15) is 57.0 Å². The van der Waals surface area contributed by atoms with Gasteiger partial charge in [0.05, 0.1) is 16.8 Å². The van der Waals surface area contributed by atoms with Crippen LogP contribution in [0.15, 0.2) is 35.5 Å². The number of alkyl halides is 2. The minimum atomic E-state index is -3.57. The molecule has 188 valence electrons. The monoisotopic (exact) mass is 510 g/mol. The van der Waals surface area contributed by atoms with Gasteiger partial charge in [-0.2, -0.15) is 8.78 Å². The molecule has 4 rings (SSSR count). The highest BCUT2D eigenvalue weighted by Gasteiger charge is 2.56. The van der Waals surface area contributed by atoms with Crippen LogP contribution in [-0.2, 0) is 21.4 Å². The fourth-order valence-corrected chi connectivity index (χ4v) is 4.28. The van der Waals surface area contributed by atoms with Gasteiger partial charge in [0.25, 0.3) is 6.02 Å². The normalized spacial score (nSPS) is 23.1. The molecule has 7 nitrogen and oxygen atoms in total. The smallest absolute Gasteiger partial charge is 0.415 e. The number of ether oxygens (including phenoxy) is 2. The van der Waals surface area contributed by atoms with E-state index in [1.807, 2.05) is 6.07 Å². The number of aromatic nitrogens is 1. The van der Waals surface area contributed by atoms with Crippen molar-refractivity contribution in [2.24, 2.45) is 4.99 Å². The predicted molar refractivity (Wildman–Crippen MR) is 125 cm³/mol. The summed E-state index contributed by atoms with van der Waals surface area (Å²) >= 11 is 6.02. The van der Waals surface area contributed by atoms with Gasteiger partial charge in [0.15, 0.2) is 12.1 Å². The maximum atomic E-state index is 15.1. The van der Waals surface area contributed by atoms with Crippen LogP contribution in [0.4, 0.5) is 23.7 Å². The molecule has 1 aliphatic carbocycles. The number of aryl methyl sites for hydroxylation is 1. The number of aliphatic imine (C=N–C) groups is 1. The number of hydrogen-bond donors (Lipinski definition) is 2. The Labute approximate surface area is 206 Å². The Morgan fingerprint density at radius 1 is 1.29 bits per heavy atom. The average molecular weight is 511 g/mol. The van der Waals surface area contributed by atoms with Crippen molar-refractivity contribution in [3.8, 4) is 0 Å². The van der Waals surface area contributed by atoms with E-state index in [0.29, 0.717) is 10.7 Å². The van der Waals surface area contributed by atoms with E-state index < -0.39 is 41.6 Å². The lowest BCUT2D eigenvalue weighted by Crippen LogP contribution is -2.53. The molecule has 35 heavy (non-hydrogen) atoms. The first kappa shape index (κ1) is 25.1. The zero-order chi connectivity index (χ0) is 25.6. The van der Waals surface area contributed by atoms with Gasteiger partial charge in [-0.3, -0.25) is 4.98 Å². The number of carbonyl (C=O) groups excluding carboxylic acids is 1. The van der Waals surface area contributed by atoms with E-state index in [2.05, 4.69) is 20.6 Å². The van der Waals surface area contributed by atoms with E-state index in [9.17, 15) is 9.18 Å². The highest BCUT2D eigenvalue weighted by molar-refractivity contribution is 6.30. The van der Waals surface area contributed by atoms with Gasteiger partial charge in [0.1, 0.15) is 11.4 Å². The standard InChI is InChI=1S/C24H26ClF3N4O3/c1-22(2,3)35-21(33)31-20-32-23(4,24(27,28)12-34-20)16-10-15(6-7-17(16)26)30-18-8-5-13-9-14(25)11-29-19(13)18/h6-7,9-11,18,30H,5,8,12H2,1-4H3,(H,31,32,33)/t18?,23-/m1/s1. The highest BCUT2D eigenvalue weighted by atomic mass is 35.5. The summed E-state index contributed by atoms with van der Waals surface area (Å²) in [6.07, 6.45) is 2.10. The second-order valence-corrected chi connectivity index (χ2v) is 10.2. The van der Waals surface area contributed by atoms with E-state index in [4.69, 9.17) is 21.1 Å². The Balaban J connectivity index is 1.63. The number of fused-ring (bicyclic) bond motifs is 1. The SMILES string of the molecule is CC(C)(C)OC(=O)NC1=N[C@](C)(c2cc(NC3CCc4cc(Cl)cnc43)ccc2F)C(F)(F)CO1. The number of anilines is 1. The van der Waals surface area contributed by atoms with Gasteiger partial charge in [-0.1, -0.05) is 11.6 Å². The van der Waals surface area contributed by atoms with E-state index >= 15 is 8.78 Å². The summed E-state index contributed by atoms with van der Waals surface area (Å²) in [5.41, 5.74) is -1.28. The molecule has 0 saturated carbocycles. The second-order valence-electron chi connectivity index (χ2n) is 9.74. The molecule has 2 N–H and O–H groups in total. The van der Waals surface area contributed by atoms with Crippen molar-refractivity contribution in [1.29, 1.82) is 0 Å². The van der Waals surface area contributed by atoms with Gasteiger partial charge in [0, 0.05) is 17.4 Å². The van der Waals surface area contributed by atoms with Gasteiger partial charge >= 0.3 is 12.0 Å². The Morgan fingerprint density at radius 2 is 2.03 bits per heavy atom. The third kappa shape index (κ3) is 5.17. The summed E-state index contributed by atoms with van der Waals surface area (Å²) < 4.78 is 55.2. The van der Waals surface area contributed by atoms with Crippen LogP contribution in [0.2, 0.25) is 5.02 Å². The summed E-state index contributed by atoms with van der Waals surface area (Å²) in [5, 5.41) is 6.01. The number of amides is 1. The number of pyridine rings is 1. The van der Waals surface area contributed by atoms with Crippen molar-refractivity contribution in [1.82, 2.24) is 10.3 Å². The minimum Gasteiger partial charge on any atom is -0.458 e. The number of carbonyl (C=O) groups is 1. The Hall–Kier alpha value is -3.01. The Morgan fingerprint density at radius 3 is 2.74 bits per heavy atom.